The Hall–Kier alpha value is -1.92. The molecule has 1 aromatic rings. The molecule has 0 atom stereocenters. The van der Waals surface area contributed by atoms with Crippen molar-refractivity contribution in [2.75, 3.05) is 29.0 Å². The zero-order chi connectivity index (χ0) is 15.6. The van der Waals surface area contributed by atoms with Crippen LogP contribution in [0, 0.1) is 0 Å². The van der Waals surface area contributed by atoms with Crippen molar-refractivity contribution in [3.63, 3.8) is 0 Å². The van der Waals surface area contributed by atoms with Gasteiger partial charge in [0.05, 0.1) is 11.4 Å². The Kier molecular flexibility index (Phi) is 4.29. The fourth-order valence-electron chi connectivity index (χ4n) is 2.48. The molecule has 0 saturated carbocycles. The third kappa shape index (κ3) is 3.80. The van der Waals surface area contributed by atoms with Crippen LogP contribution in [-0.2, 0) is 11.2 Å². The summed E-state index contributed by atoms with van der Waals surface area (Å²) < 4.78 is 38.1. The fraction of sp³-hybridized carbons (Fsp3) is 0.500. The van der Waals surface area contributed by atoms with E-state index in [4.69, 9.17) is 5.73 Å². The number of amides is 1. The Morgan fingerprint density at radius 3 is 2.67 bits per heavy atom. The third-order valence-corrected chi connectivity index (χ3v) is 3.35. The fourth-order valence-corrected chi connectivity index (χ4v) is 2.48. The van der Waals surface area contributed by atoms with Crippen molar-refractivity contribution in [3.8, 4) is 0 Å². The van der Waals surface area contributed by atoms with E-state index in [1.54, 1.807) is 12.1 Å². The van der Waals surface area contributed by atoms with Gasteiger partial charge < -0.3 is 16.0 Å². The summed E-state index contributed by atoms with van der Waals surface area (Å²) in [5, 5.41) is 2.69. The van der Waals surface area contributed by atoms with E-state index in [0.29, 0.717) is 30.6 Å². The minimum absolute atomic E-state index is 0.102. The maximum absolute atomic E-state index is 12.7. The molecular weight excluding hydrogens is 283 g/mol. The second kappa shape index (κ2) is 5.83. The molecule has 0 aromatic heterocycles. The number of alkyl halides is 3. The summed E-state index contributed by atoms with van der Waals surface area (Å²) in [6, 6.07) is 3.20. The lowest BCUT2D eigenvalue weighted by atomic mass is 10.0. The van der Waals surface area contributed by atoms with Crippen LogP contribution in [0.1, 0.15) is 25.3 Å². The van der Waals surface area contributed by atoms with Crippen LogP contribution in [0.4, 0.5) is 30.2 Å². The van der Waals surface area contributed by atoms with Crippen LogP contribution in [0.15, 0.2) is 12.1 Å². The largest absolute Gasteiger partial charge is 0.405 e. The second-order valence-electron chi connectivity index (χ2n) is 5.15. The van der Waals surface area contributed by atoms with E-state index >= 15 is 0 Å². The van der Waals surface area contributed by atoms with E-state index in [1.165, 1.54) is 4.90 Å². The van der Waals surface area contributed by atoms with Gasteiger partial charge in [-0.1, -0.05) is 6.92 Å². The van der Waals surface area contributed by atoms with Crippen molar-refractivity contribution in [2.24, 2.45) is 0 Å². The lowest BCUT2D eigenvalue weighted by Crippen LogP contribution is -2.35. The number of carbonyl (C=O) groups excluding carboxylic acids is 1. The predicted molar refractivity (Wildman–Crippen MR) is 76.4 cm³/mol. The predicted octanol–water partition coefficient (Wildman–Crippen LogP) is 2.93. The van der Waals surface area contributed by atoms with E-state index in [0.717, 1.165) is 5.56 Å². The molecule has 2 rings (SSSR count). The van der Waals surface area contributed by atoms with Gasteiger partial charge in [0.25, 0.3) is 0 Å². The number of anilines is 3. The molecule has 7 heteroatoms. The van der Waals surface area contributed by atoms with Crippen LogP contribution in [0.3, 0.4) is 0 Å². The van der Waals surface area contributed by atoms with Gasteiger partial charge in [0, 0.05) is 18.7 Å². The maximum atomic E-state index is 12.7. The number of carbonyl (C=O) groups is 1. The molecule has 3 N–H and O–H groups in total. The van der Waals surface area contributed by atoms with Gasteiger partial charge in [-0.15, -0.1) is 0 Å². The number of nitrogens with one attached hydrogen (secondary N) is 1. The lowest BCUT2D eigenvalue weighted by molar-refractivity contribution is -0.119. The van der Waals surface area contributed by atoms with Crippen LogP contribution in [0.2, 0.25) is 0 Å². The highest BCUT2D eigenvalue weighted by molar-refractivity contribution is 5.95. The smallest absolute Gasteiger partial charge is 0.397 e. The van der Waals surface area contributed by atoms with Crippen LogP contribution >= 0.6 is 0 Å². The number of aryl methyl sites for hydroxylation is 1. The first-order chi connectivity index (χ1) is 9.80. The summed E-state index contributed by atoms with van der Waals surface area (Å²) in [4.78, 5) is 12.6. The Balaban J connectivity index is 2.34. The number of benzene rings is 1. The van der Waals surface area contributed by atoms with Crippen molar-refractivity contribution in [3.05, 3.63) is 17.7 Å². The highest BCUT2D eigenvalue weighted by Gasteiger charge is 2.31. The van der Waals surface area contributed by atoms with E-state index in [1.807, 2.05) is 6.92 Å². The molecular formula is C14H18F3N3O. The summed E-state index contributed by atoms with van der Waals surface area (Å²) in [5.74, 6) is -0.102. The first-order valence-corrected chi connectivity index (χ1v) is 6.84. The normalized spacial score (nSPS) is 14.6. The number of nitrogen functional groups attached to an aromatic ring is 1. The van der Waals surface area contributed by atoms with Crippen LogP contribution in [-0.4, -0.2) is 25.2 Å². The number of fused-ring (bicyclic) bond motifs is 1. The van der Waals surface area contributed by atoms with E-state index in [9.17, 15) is 18.0 Å². The Morgan fingerprint density at radius 2 is 2.05 bits per heavy atom. The van der Waals surface area contributed by atoms with E-state index < -0.39 is 12.7 Å². The maximum Gasteiger partial charge on any atom is 0.405 e. The third-order valence-electron chi connectivity index (χ3n) is 3.35. The molecule has 0 fully saturated rings. The topological polar surface area (TPSA) is 58.4 Å². The Morgan fingerprint density at radius 1 is 1.33 bits per heavy atom. The monoisotopic (exact) mass is 301 g/mol. The summed E-state index contributed by atoms with van der Waals surface area (Å²) in [5.41, 5.74) is 7.92. The number of rotatable bonds is 4. The molecule has 0 aliphatic carbocycles. The molecule has 1 aliphatic heterocycles. The van der Waals surface area contributed by atoms with Crippen molar-refractivity contribution in [1.82, 2.24) is 0 Å². The van der Waals surface area contributed by atoms with Gasteiger partial charge in [-0.2, -0.15) is 13.2 Å². The molecule has 0 bridgehead atoms. The minimum atomic E-state index is -4.29. The second-order valence-corrected chi connectivity index (χ2v) is 5.15. The molecule has 4 nitrogen and oxygen atoms in total. The summed E-state index contributed by atoms with van der Waals surface area (Å²) >= 11 is 0. The molecule has 1 aromatic carbocycles. The molecule has 21 heavy (non-hydrogen) atoms. The Bertz CT molecular complexity index is 543. The summed E-state index contributed by atoms with van der Waals surface area (Å²) in [7, 11) is 0. The molecule has 1 heterocycles. The van der Waals surface area contributed by atoms with Gasteiger partial charge in [-0.05, 0) is 30.5 Å². The van der Waals surface area contributed by atoms with E-state index in [2.05, 4.69) is 5.32 Å². The first-order valence-electron chi connectivity index (χ1n) is 6.84. The van der Waals surface area contributed by atoms with Crippen molar-refractivity contribution >= 4 is 23.0 Å². The average Bonchev–Trinajstić information content (AvgIpc) is 2.35. The van der Waals surface area contributed by atoms with Crippen molar-refractivity contribution < 1.29 is 18.0 Å². The molecule has 0 unspecified atom stereocenters. The SMILES string of the molecule is CCCN(CC(F)(F)F)c1cc2c(cc1N)NC(=O)CC2. The molecule has 0 radical (unpaired) electrons. The van der Waals surface area contributed by atoms with E-state index in [-0.39, 0.29) is 18.1 Å². The number of nitrogens with two attached hydrogens (primary N) is 1. The zero-order valence-electron chi connectivity index (χ0n) is 11.8. The summed E-state index contributed by atoms with van der Waals surface area (Å²) in [6.07, 6.45) is -2.85. The number of hydrogen-bond acceptors (Lipinski definition) is 3. The van der Waals surface area contributed by atoms with Gasteiger partial charge in [-0.3, -0.25) is 4.79 Å². The zero-order valence-corrected chi connectivity index (χ0v) is 11.8. The summed E-state index contributed by atoms with van der Waals surface area (Å²) in [6.45, 7) is 1.06. The van der Waals surface area contributed by atoms with Gasteiger partial charge in [0.15, 0.2) is 0 Å². The lowest BCUT2D eigenvalue weighted by Gasteiger charge is -2.29. The molecule has 1 aliphatic rings. The van der Waals surface area contributed by atoms with Crippen LogP contribution in [0.25, 0.3) is 0 Å². The van der Waals surface area contributed by atoms with Gasteiger partial charge in [0.2, 0.25) is 5.91 Å². The van der Waals surface area contributed by atoms with Crippen LogP contribution in [0.5, 0.6) is 0 Å². The van der Waals surface area contributed by atoms with Gasteiger partial charge in [-0.25, -0.2) is 0 Å². The van der Waals surface area contributed by atoms with Crippen molar-refractivity contribution in [1.29, 1.82) is 0 Å². The van der Waals surface area contributed by atoms with Crippen molar-refractivity contribution in [2.45, 2.75) is 32.4 Å². The highest BCUT2D eigenvalue weighted by atomic mass is 19.4. The number of halogens is 3. The highest BCUT2D eigenvalue weighted by Crippen LogP contribution is 2.34. The molecule has 0 saturated heterocycles. The minimum Gasteiger partial charge on any atom is -0.397 e. The van der Waals surface area contributed by atoms with Gasteiger partial charge in [0.1, 0.15) is 6.54 Å². The van der Waals surface area contributed by atoms with Crippen LogP contribution < -0.4 is 16.0 Å². The number of hydrogen-bond donors (Lipinski definition) is 2. The first kappa shape index (κ1) is 15.5. The molecule has 116 valence electrons. The van der Waals surface area contributed by atoms with Gasteiger partial charge >= 0.3 is 6.18 Å². The Labute approximate surface area is 121 Å². The molecule has 0 spiro atoms. The quantitative estimate of drug-likeness (QED) is 0.841. The average molecular weight is 301 g/mol. The molecule has 1 amide bonds. The standard InChI is InChI=1S/C14H18F3N3O/c1-2-5-20(8-14(15,16)17)12-6-9-3-4-13(21)19-11(9)7-10(12)18/h6-7H,2-5,8,18H2,1H3,(H,19,21). The number of nitrogens with zero attached hydrogens (tertiary/aromatic N) is 1.